The third kappa shape index (κ3) is 4.96. The highest BCUT2D eigenvalue weighted by Crippen LogP contribution is 2.28. The molecule has 0 radical (unpaired) electrons. The molecule has 0 amide bonds. The van der Waals surface area contributed by atoms with E-state index in [0.29, 0.717) is 5.41 Å². The van der Waals surface area contributed by atoms with Crippen molar-refractivity contribution in [3.8, 4) is 0 Å². The lowest BCUT2D eigenvalue weighted by Gasteiger charge is -2.23. The van der Waals surface area contributed by atoms with Gasteiger partial charge in [-0.15, -0.1) is 24.0 Å². The van der Waals surface area contributed by atoms with Crippen LogP contribution in [0.3, 0.4) is 0 Å². The van der Waals surface area contributed by atoms with Gasteiger partial charge in [0.1, 0.15) is 0 Å². The van der Waals surface area contributed by atoms with Crippen LogP contribution >= 0.6 is 24.0 Å². The van der Waals surface area contributed by atoms with Crippen molar-refractivity contribution in [2.45, 2.75) is 33.2 Å². The molecule has 1 aliphatic rings. The Balaban J connectivity index is 0.00000200. The predicted octanol–water partition coefficient (Wildman–Crippen LogP) is 2.20. The van der Waals surface area contributed by atoms with Gasteiger partial charge < -0.3 is 10.2 Å². The molecule has 1 aliphatic heterocycles. The lowest BCUT2D eigenvalue weighted by molar-refractivity contribution is 0.369. The molecule has 6 heteroatoms. The van der Waals surface area contributed by atoms with Crippen LogP contribution in [0.15, 0.2) is 23.5 Å². The van der Waals surface area contributed by atoms with E-state index in [4.69, 9.17) is 0 Å². The molecule has 2 rings (SSSR count). The molecule has 1 N–H and O–H groups in total. The summed E-state index contributed by atoms with van der Waals surface area (Å²) in [6, 6.07) is 1.96. The van der Waals surface area contributed by atoms with E-state index >= 15 is 0 Å². The third-order valence-electron chi connectivity index (χ3n) is 3.60. The first-order chi connectivity index (χ1) is 9.11. The van der Waals surface area contributed by atoms with Gasteiger partial charge in [-0.25, -0.2) is 0 Å². The predicted molar refractivity (Wildman–Crippen MR) is 93.6 cm³/mol. The van der Waals surface area contributed by atoms with Crippen LogP contribution in [-0.4, -0.2) is 47.3 Å². The molecule has 0 aliphatic carbocycles. The number of rotatable bonds is 4. The van der Waals surface area contributed by atoms with Gasteiger partial charge in [0.15, 0.2) is 5.96 Å². The number of guanidine groups is 1. The van der Waals surface area contributed by atoms with Crippen LogP contribution in [0.25, 0.3) is 0 Å². The summed E-state index contributed by atoms with van der Waals surface area (Å²) in [5, 5.41) is 7.64. The smallest absolute Gasteiger partial charge is 0.193 e. The minimum absolute atomic E-state index is 0. The average Bonchev–Trinajstić information content (AvgIpc) is 2.99. The SMILES string of the molecule is CN=C(NCCCn1cccn1)N1CCC(C)(C)C1.I. The van der Waals surface area contributed by atoms with E-state index in [1.807, 2.05) is 30.2 Å². The van der Waals surface area contributed by atoms with E-state index in [1.54, 1.807) is 0 Å². The Morgan fingerprint density at radius 2 is 2.25 bits per heavy atom. The zero-order valence-electron chi connectivity index (χ0n) is 12.7. The fourth-order valence-electron chi connectivity index (χ4n) is 2.50. The Bertz CT molecular complexity index is 413. The normalized spacial score (nSPS) is 17.9. The molecule has 0 atom stereocenters. The zero-order chi connectivity index (χ0) is 13.7. The van der Waals surface area contributed by atoms with Crippen molar-refractivity contribution >= 4 is 29.9 Å². The highest BCUT2D eigenvalue weighted by molar-refractivity contribution is 14.0. The second-order valence-electron chi connectivity index (χ2n) is 5.93. The third-order valence-corrected chi connectivity index (χ3v) is 3.60. The first-order valence-electron chi connectivity index (χ1n) is 7.04. The maximum Gasteiger partial charge on any atom is 0.193 e. The van der Waals surface area contributed by atoms with E-state index in [-0.39, 0.29) is 24.0 Å². The van der Waals surface area contributed by atoms with Gasteiger partial charge in [-0.05, 0) is 24.3 Å². The first kappa shape index (κ1) is 17.3. The largest absolute Gasteiger partial charge is 0.356 e. The van der Waals surface area contributed by atoms with E-state index in [1.165, 1.54) is 6.42 Å². The van der Waals surface area contributed by atoms with Gasteiger partial charge in [-0.2, -0.15) is 5.10 Å². The molecule has 0 saturated carbocycles. The Morgan fingerprint density at radius 1 is 1.45 bits per heavy atom. The van der Waals surface area contributed by atoms with Crippen LogP contribution in [0.2, 0.25) is 0 Å². The van der Waals surface area contributed by atoms with Gasteiger partial charge in [-0.3, -0.25) is 9.67 Å². The minimum Gasteiger partial charge on any atom is -0.356 e. The van der Waals surface area contributed by atoms with Crippen molar-refractivity contribution in [3.63, 3.8) is 0 Å². The van der Waals surface area contributed by atoms with Crippen molar-refractivity contribution in [3.05, 3.63) is 18.5 Å². The molecule has 5 nitrogen and oxygen atoms in total. The van der Waals surface area contributed by atoms with E-state index < -0.39 is 0 Å². The Labute approximate surface area is 138 Å². The van der Waals surface area contributed by atoms with Crippen molar-refractivity contribution in [1.82, 2.24) is 20.0 Å². The number of likely N-dealkylation sites (tertiary alicyclic amines) is 1. The molecule has 20 heavy (non-hydrogen) atoms. The van der Waals surface area contributed by atoms with Crippen molar-refractivity contribution < 1.29 is 0 Å². The molecule has 114 valence electrons. The summed E-state index contributed by atoms with van der Waals surface area (Å²) in [6.45, 7) is 8.71. The summed E-state index contributed by atoms with van der Waals surface area (Å²) in [5.74, 6) is 1.03. The summed E-state index contributed by atoms with van der Waals surface area (Å²) in [4.78, 5) is 6.73. The lowest BCUT2D eigenvalue weighted by Crippen LogP contribution is -2.41. The molecule has 1 aromatic rings. The van der Waals surface area contributed by atoms with Crippen molar-refractivity contribution in [2.75, 3.05) is 26.7 Å². The highest BCUT2D eigenvalue weighted by atomic mass is 127. The number of nitrogens with zero attached hydrogens (tertiary/aromatic N) is 4. The highest BCUT2D eigenvalue weighted by Gasteiger charge is 2.30. The zero-order valence-corrected chi connectivity index (χ0v) is 15.0. The molecule has 0 spiro atoms. The van der Waals surface area contributed by atoms with Crippen LogP contribution in [0.5, 0.6) is 0 Å². The van der Waals surface area contributed by atoms with Gasteiger partial charge in [0.25, 0.3) is 0 Å². The number of aliphatic imine (C=N–C) groups is 1. The quantitative estimate of drug-likeness (QED) is 0.371. The topological polar surface area (TPSA) is 45.5 Å². The first-order valence-corrected chi connectivity index (χ1v) is 7.04. The number of hydrogen-bond donors (Lipinski definition) is 1. The molecule has 1 fully saturated rings. The number of halogens is 1. The number of aromatic nitrogens is 2. The van der Waals surface area contributed by atoms with Crippen LogP contribution < -0.4 is 5.32 Å². The summed E-state index contributed by atoms with van der Waals surface area (Å²) in [6.07, 6.45) is 6.11. The second-order valence-corrected chi connectivity index (χ2v) is 5.93. The number of aryl methyl sites for hydroxylation is 1. The molecular weight excluding hydrogens is 365 g/mol. The second kappa shape index (κ2) is 7.85. The maximum atomic E-state index is 4.38. The van der Waals surface area contributed by atoms with E-state index in [2.05, 4.69) is 34.2 Å². The molecule has 1 aromatic heterocycles. The van der Waals surface area contributed by atoms with Gasteiger partial charge >= 0.3 is 0 Å². The van der Waals surface area contributed by atoms with Crippen LogP contribution in [-0.2, 0) is 6.54 Å². The van der Waals surface area contributed by atoms with Gasteiger partial charge in [0.2, 0.25) is 0 Å². The molecule has 0 aromatic carbocycles. The Morgan fingerprint density at radius 3 is 2.80 bits per heavy atom. The lowest BCUT2D eigenvalue weighted by atomic mass is 9.93. The van der Waals surface area contributed by atoms with E-state index in [0.717, 1.165) is 38.6 Å². The summed E-state index contributed by atoms with van der Waals surface area (Å²) < 4.78 is 1.96. The van der Waals surface area contributed by atoms with Crippen molar-refractivity contribution in [2.24, 2.45) is 10.4 Å². The van der Waals surface area contributed by atoms with Crippen LogP contribution in [0.1, 0.15) is 26.7 Å². The number of nitrogens with one attached hydrogen (secondary N) is 1. The fourth-order valence-corrected chi connectivity index (χ4v) is 2.50. The van der Waals surface area contributed by atoms with Gasteiger partial charge in [0.05, 0.1) is 0 Å². The van der Waals surface area contributed by atoms with Gasteiger partial charge in [-0.1, -0.05) is 13.8 Å². The average molecular weight is 391 g/mol. The maximum absolute atomic E-state index is 4.38. The van der Waals surface area contributed by atoms with Gasteiger partial charge in [0, 0.05) is 45.6 Å². The number of hydrogen-bond acceptors (Lipinski definition) is 2. The fraction of sp³-hybridized carbons (Fsp3) is 0.714. The summed E-state index contributed by atoms with van der Waals surface area (Å²) >= 11 is 0. The molecule has 0 unspecified atom stereocenters. The van der Waals surface area contributed by atoms with Crippen LogP contribution in [0, 0.1) is 5.41 Å². The Hall–Kier alpha value is -0.790. The standard InChI is InChI=1S/C14H25N5.HI/c1-14(2)6-11-18(12-14)13(15-3)16-7-4-9-19-10-5-8-17-19;/h5,8,10H,4,6-7,9,11-12H2,1-3H3,(H,15,16);1H. The monoisotopic (exact) mass is 391 g/mol. The van der Waals surface area contributed by atoms with Crippen LogP contribution in [0.4, 0.5) is 0 Å². The Kier molecular flexibility index (Phi) is 6.78. The summed E-state index contributed by atoms with van der Waals surface area (Å²) in [5.41, 5.74) is 0.409. The van der Waals surface area contributed by atoms with E-state index in [9.17, 15) is 0 Å². The summed E-state index contributed by atoms with van der Waals surface area (Å²) in [7, 11) is 1.86. The molecule has 0 bridgehead atoms. The molecule has 2 heterocycles. The van der Waals surface area contributed by atoms with Crippen molar-refractivity contribution in [1.29, 1.82) is 0 Å². The molecule has 1 saturated heterocycles. The molecular formula is C14H26IN5. The minimum atomic E-state index is 0.